The molecule has 6 heteroatoms. The summed E-state index contributed by atoms with van der Waals surface area (Å²) in [5.74, 6) is 0.0635. The molecule has 0 spiro atoms. The summed E-state index contributed by atoms with van der Waals surface area (Å²) in [4.78, 5) is 16.1. The molecular formula is C18H21N5O. The van der Waals surface area contributed by atoms with Crippen LogP contribution in [0.3, 0.4) is 0 Å². The molecule has 1 amide bonds. The molecule has 2 heterocycles. The van der Waals surface area contributed by atoms with Crippen LogP contribution in [-0.2, 0) is 17.8 Å². The summed E-state index contributed by atoms with van der Waals surface area (Å²) in [5, 5.41) is 12.0. The minimum atomic E-state index is -0.0625. The Bertz CT molecular complexity index is 836. The second-order valence-corrected chi connectivity index (χ2v) is 6.32. The molecule has 24 heavy (non-hydrogen) atoms. The average Bonchev–Trinajstić information content (AvgIpc) is 3.25. The zero-order valence-electron chi connectivity index (χ0n) is 13.5. The maximum atomic E-state index is 12.6. The predicted octanol–water partition coefficient (Wildman–Crippen LogP) is 2.39. The van der Waals surface area contributed by atoms with Crippen LogP contribution in [0, 0.1) is 0 Å². The van der Waals surface area contributed by atoms with Gasteiger partial charge in [-0.3, -0.25) is 9.48 Å². The number of fused-ring (bicyclic) bond motifs is 3. The summed E-state index contributed by atoms with van der Waals surface area (Å²) in [7, 11) is 0. The Morgan fingerprint density at radius 2 is 2.29 bits per heavy atom. The van der Waals surface area contributed by atoms with E-state index in [4.69, 9.17) is 0 Å². The molecule has 1 aliphatic rings. The van der Waals surface area contributed by atoms with Crippen LogP contribution in [0.25, 0.3) is 10.9 Å². The van der Waals surface area contributed by atoms with Crippen molar-refractivity contribution in [1.82, 2.24) is 25.3 Å². The van der Waals surface area contributed by atoms with Gasteiger partial charge in [-0.05, 0) is 37.3 Å². The van der Waals surface area contributed by atoms with Crippen molar-refractivity contribution < 1.29 is 4.79 Å². The summed E-state index contributed by atoms with van der Waals surface area (Å²) in [6.07, 6.45) is 7.37. The predicted molar refractivity (Wildman–Crippen MR) is 91.6 cm³/mol. The van der Waals surface area contributed by atoms with Crippen molar-refractivity contribution in [3.8, 4) is 0 Å². The van der Waals surface area contributed by atoms with Crippen LogP contribution < -0.4 is 5.32 Å². The van der Waals surface area contributed by atoms with Crippen LogP contribution in [0.4, 0.5) is 0 Å². The Labute approximate surface area is 140 Å². The normalized spacial score (nSPS) is 16.9. The van der Waals surface area contributed by atoms with Crippen LogP contribution in [-0.4, -0.2) is 32.4 Å². The second kappa shape index (κ2) is 6.47. The van der Waals surface area contributed by atoms with Gasteiger partial charge < -0.3 is 10.3 Å². The molecule has 0 saturated heterocycles. The topological polar surface area (TPSA) is 75.6 Å². The number of hydrogen-bond acceptors (Lipinski definition) is 3. The lowest BCUT2D eigenvalue weighted by atomic mass is 9.86. The zero-order chi connectivity index (χ0) is 16.4. The van der Waals surface area contributed by atoms with E-state index in [1.807, 2.05) is 12.3 Å². The molecule has 124 valence electrons. The molecular weight excluding hydrogens is 302 g/mol. The van der Waals surface area contributed by atoms with Crippen molar-refractivity contribution in [1.29, 1.82) is 0 Å². The highest BCUT2D eigenvalue weighted by molar-refractivity contribution is 5.90. The molecule has 2 aromatic heterocycles. The molecule has 3 aromatic rings. The monoisotopic (exact) mass is 323 g/mol. The Morgan fingerprint density at radius 1 is 1.38 bits per heavy atom. The number of nitrogens with zero attached hydrogens (tertiary/aromatic N) is 3. The van der Waals surface area contributed by atoms with Crippen molar-refractivity contribution >= 4 is 16.8 Å². The number of aryl methyl sites for hydroxylation is 2. The maximum absolute atomic E-state index is 12.6. The molecule has 0 radical (unpaired) electrons. The largest absolute Gasteiger partial charge is 0.357 e. The first-order chi connectivity index (χ1) is 11.8. The van der Waals surface area contributed by atoms with E-state index in [0.29, 0.717) is 6.54 Å². The quantitative estimate of drug-likeness (QED) is 0.708. The summed E-state index contributed by atoms with van der Waals surface area (Å²) >= 11 is 0. The van der Waals surface area contributed by atoms with Crippen LogP contribution in [0.5, 0.6) is 0 Å². The fourth-order valence-electron chi connectivity index (χ4n) is 3.60. The van der Waals surface area contributed by atoms with E-state index in [2.05, 4.69) is 38.8 Å². The number of aromatic amines is 1. The average molecular weight is 323 g/mol. The van der Waals surface area contributed by atoms with Crippen LogP contribution in [0.2, 0.25) is 0 Å². The molecule has 1 aromatic carbocycles. The second-order valence-electron chi connectivity index (χ2n) is 6.32. The molecule has 4 rings (SSSR count). The van der Waals surface area contributed by atoms with Gasteiger partial charge in [-0.15, -0.1) is 5.10 Å². The third-order valence-corrected chi connectivity index (χ3v) is 4.77. The summed E-state index contributed by atoms with van der Waals surface area (Å²) < 4.78 is 1.78. The highest BCUT2D eigenvalue weighted by Gasteiger charge is 2.29. The lowest BCUT2D eigenvalue weighted by molar-refractivity contribution is -0.122. The number of nitrogens with one attached hydrogen (secondary N) is 2. The van der Waals surface area contributed by atoms with E-state index in [9.17, 15) is 4.79 Å². The molecule has 2 N–H and O–H groups in total. The third kappa shape index (κ3) is 2.79. The van der Waals surface area contributed by atoms with Gasteiger partial charge in [-0.1, -0.05) is 23.4 Å². The van der Waals surface area contributed by atoms with E-state index < -0.39 is 0 Å². The maximum Gasteiger partial charge on any atom is 0.229 e. The Balaban J connectivity index is 1.42. The fraction of sp³-hybridized carbons (Fsp3) is 0.389. The highest BCUT2D eigenvalue weighted by atomic mass is 16.1. The van der Waals surface area contributed by atoms with E-state index >= 15 is 0 Å². The van der Waals surface area contributed by atoms with Crippen molar-refractivity contribution in [3.63, 3.8) is 0 Å². The van der Waals surface area contributed by atoms with E-state index in [1.165, 1.54) is 10.9 Å². The SMILES string of the molecule is O=C(NCCCn1ccnn1)[C@H]1CCCc2c1[nH]c1ccccc21. The lowest BCUT2D eigenvalue weighted by Gasteiger charge is -2.22. The molecule has 0 unspecified atom stereocenters. The fourth-order valence-corrected chi connectivity index (χ4v) is 3.60. The summed E-state index contributed by atoms with van der Waals surface area (Å²) in [6, 6.07) is 8.32. The van der Waals surface area contributed by atoms with Crippen LogP contribution >= 0.6 is 0 Å². The number of aromatic nitrogens is 4. The standard InChI is InChI=1S/C18H21N5O/c24-18(19-9-4-11-23-12-10-20-22-23)15-7-3-6-14-13-5-1-2-8-16(13)21-17(14)15/h1-2,5,8,10,12,15,21H,3-4,6-7,9,11H2,(H,19,24)/t15-/m0/s1. The summed E-state index contributed by atoms with van der Waals surface area (Å²) in [5.41, 5.74) is 3.56. The molecule has 0 saturated carbocycles. The Hall–Kier alpha value is -2.63. The number of amides is 1. The zero-order valence-corrected chi connectivity index (χ0v) is 13.5. The number of para-hydroxylation sites is 1. The summed E-state index contributed by atoms with van der Waals surface area (Å²) in [6.45, 7) is 1.42. The molecule has 0 fully saturated rings. The smallest absolute Gasteiger partial charge is 0.229 e. The van der Waals surface area contributed by atoms with Crippen molar-refractivity contribution in [2.24, 2.45) is 0 Å². The number of benzene rings is 1. The van der Waals surface area contributed by atoms with Gasteiger partial charge in [0.15, 0.2) is 0 Å². The van der Waals surface area contributed by atoms with Crippen molar-refractivity contribution in [2.45, 2.75) is 38.1 Å². The first-order valence-corrected chi connectivity index (χ1v) is 8.54. The van der Waals surface area contributed by atoms with E-state index in [1.54, 1.807) is 10.9 Å². The Morgan fingerprint density at radius 3 is 3.17 bits per heavy atom. The first-order valence-electron chi connectivity index (χ1n) is 8.54. The minimum Gasteiger partial charge on any atom is -0.357 e. The minimum absolute atomic E-state index is 0.0625. The Kier molecular flexibility index (Phi) is 4.02. The van der Waals surface area contributed by atoms with Gasteiger partial charge in [0, 0.05) is 35.9 Å². The van der Waals surface area contributed by atoms with Gasteiger partial charge in [-0.25, -0.2) is 0 Å². The van der Waals surface area contributed by atoms with Gasteiger partial charge in [0.25, 0.3) is 0 Å². The highest BCUT2D eigenvalue weighted by Crippen LogP contribution is 2.36. The van der Waals surface area contributed by atoms with Crippen LogP contribution in [0.15, 0.2) is 36.7 Å². The lowest BCUT2D eigenvalue weighted by Crippen LogP contribution is -2.32. The number of rotatable bonds is 5. The van der Waals surface area contributed by atoms with Gasteiger partial charge in [0.1, 0.15) is 0 Å². The number of H-pyrrole nitrogens is 1. The van der Waals surface area contributed by atoms with Crippen molar-refractivity contribution in [3.05, 3.63) is 47.9 Å². The van der Waals surface area contributed by atoms with Crippen LogP contribution in [0.1, 0.15) is 36.4 Å². The number of hydrogen-bond donors (Lipinski definition) is 2. The molecule has 1 aliphatic carbocycles. The van der Waals surface area contributed by atoms with Gasteiger partial charge >= 0.3 is 0 Å². The molecule has 0 bridgehead atoms. The van der Waals surface area contributed by atoms with Gasteiger partial charge in [0.2, 0.25) is 5.91 Å². The number of carbonyl (C=O) groups excluding carboxylic acids is 1. The first kappa shape index (κ1) is 14.9. The molecule has 1 atom stereocenters. The molecule has 0 aliphatic heterocycles. The molecule has 6 nitrogen and oxygen atoms in total. The van der Waals surface area contributed by atoms with E-state index in [0.717, 1.165) is 43.4 Å². The number of carbonyl (C=O) groups is 1. The van der Waals surface area contributed by atoms with E-state index in [-0.39, 0.29) is 11.8 Å². The van der Waals surface area contributed by atoms with Gasteiger partial charge in [-0.2, -0.15) is 0 Å². The third-order valence-electron chi connectivity index (χ3n) is 4.77. The van der Waals surface area contributed by atoms with Gasteiger partial charge in [0.05, 0.1) is 12.1 Å². The van der Waals surface area contributed by atoms with Crippen molar-refractivity contribution in [2.75, 3.05) is 6.54 Å².